The smallest absolute Gasteiger partial charge is 0.161 e. The quantitative estimate of drug-likeness (QED) is 0.734. The topological polar surface area (TPSA) is 42.2 Å². The third-order valence-electron chi connectivity index (χ3n) is 2.03. The van der Waals surface area contributed by atoms with Crippen molar-refractivity contribution in [2.24, 2.45) is 0 Å². The van der Waals surface area contributed by atoms with Gasteiger partial charge in [0, 0.05) is 12.2 Å². The lowest BCUT2D eigenvalue weighted by molar-refractivity contribution is 0.769. The van der Waals surface area contributed by atoms with Gasteiger partial charge < -0.3 is 5.32 Å². The van der Waals surface area contributed by atoms with Crippen molar-refractivity contribution in [1.29, 1.82) is 0 Å². The van der Waals surface area contributed by atoms with E-state index in [0.717, 1.165) is 18.0 Å². The molecule has 0 saturated carbocycles. The summed E-state index contributed by atoms with van der Waals surface area (Å²) < 4.78 is 2.05. The first-order valence-corrected chi connectivity index (χ1v) is 4.27. The van der Waals surface area contributed by atoms with Gasteiger partial charge in [0.05, 0.1) is 0 Å². The van der Waals surface area contributed by atoms with Crippen LogP contribution < -0.4 is 5.32 Å². The number of rotatable bonds is 2. The summed E-state index contributed by atoms with van der Waals surface area (Å²) in [7, 11) is 1.93. The first kappa shape index (κ1) is 8.19. The van der Waals surface area contributed by atoms with Crippen LogP contribution in [0.1, 0.15) is 11.5 Å². The van der Waals surface area contributed by atoms with Crippen molar-refractivity contribution in [1.82, 2.24) is 19.9 Å². The molecule has 2 aromatic rings. The highest BCUT2D eigenvalue weighted by Gasteiger charge is 2.03. The molecule has 68 valence electrons. The van der Waals surface area contributed by atoms with Gasteiger partial charge in [0.15, 0.2) is 5.65 Å². The molecule has 0 atom stereocenters. The van der Waals surface area contributed by atoms with Crippen LogP contribution in [0.25, 0.3) is 5.65 Å². The van der Waals surface area contributed by atoms with E-state index in [1.165, 1.54) is 5.69 Å². The Bertz CT molecular complexity index is 418. The molecule has 0 unspecified atom stereocenters. The molecule has 0 radical (unpaired) electrons. The van der Waals surface area contributed by atoms with E-state index in [2.05, 4.69) is 26.0 Å². The summed E-state index contributed by atoms with van der Waals surface area (Å²) in [6.07, 6.45) is 0. The predicted octanol–water partition coefficient (Wildman–Crippen LogP) is 0.757. The third kappa shape index (κ3) is 1.29. The van der Waals surface area contributed by atoms with E-state index in [9.17, 15) is 0 Å². The maximum Gasteiger partial charge on any atom is 0.161 e. The molecule has 0 saturated heterocycles. The minimum absolute atomic E-state index is 0.830. The monoisotopic (exact) mass is 176 g/mol. The summed E-state index contributed by atoms with van der Waals surface area (Å²) in [5, 5.41) is 11.2. The largest absolute Gasteiger partial charge is 0.314 e. The molecular weight excluding hydrogens is 164 g/mol. The Labute approximate surface area is 76.6 Å². The lowest BCUT2D eigenvalue weighted by Gasteiger charge is -2.04. The summed E-state index contributed by atoms with van der Waals surface area (Å²) in [5.74, 6) is 0.931. The molecule has 0 aliphatic heterocycles. The van der Waals surface area contributed by atoms with Crippen molar-refractivity contribution in [3.05, 3.63) is 29.7 Å². The molecular formula is C9H12N4. The summed E-state index contributed by atoms with van der Waals surface area (Å²) in [6, 6.07) is 6.02. The zero-order valence-corrected chi connectivity index (χ0v) is 7.78. The molecule has 1 N–H and O–H groups in total. The van der Waals surface area contributed by atoms with Crippen LogP contribution in [-0.2, 0) is 6.54 Å². The predicted molar refractivity (Wildman–Crippen MR) is 50.5 cm³/mol. The van der Waals surface area contributed by atoms with Gasteiger partial charge in [-0.3, -0.25) is 4.40 Å². The van der Waals surface area contributed by atoms with E-state index >= 15 is 0 Å². The van der Waals surface area contributed by atoms with Crippen LogP contribution in [0, 0.1) is 6.92 Å². The summed E-state index contributed by atoms with van der Waals surface area (Å²) >= 11 is 0. The first-order valence-electron chi connectivity index (χ1n) is 4.27. The Kier molecular flexibility index (Phi) is 1.98. The molecule has 2 aromatic heterocycles. The molecule has 0 aromatic carbocycles. The molecule has 0 aliphatic carbocycles. The van der Waals surface area contributed by atoms with Gasteiger partial charge in [0.2, 0.25) is 0 Å². The van der Waals surface area contributed by atoms with E-state index in [1.807, 2.05) is 26.1 Å². The molecule has 4 nitrogen and oxygen atoms in total. The van der Waals surface area contributed by atoms with Crippen molar-refractivity contribution in [3.8, 4) is 0 Å². The van der Waals surface area contributed by atoms with Crippen LogP contribution in [0.15, 0.2) is 18.2 Å². The van der Waals surface area contributed by atoms with Gasteiger partial charge in [-0.1, -0.05) is 6.07 Å². The van der Waals surface area contributed by atoms with Crippen molar-refractivity contribution in [3.63, 3.8) is 0 Å². The number of pyridine rings is 1. The summed E-state index contributed by atoms with van der Waals surface area (Å²) in [6.45, 7) is 2.79. The minimum Gasteiger partial charge on any atom is -0.314 e. The zero-order valence-electron chi connectivity index (χ0n) is 7.78. The van der Waals surface area contributed by atoms with Crippen LogP contribution in [0.5, 0.6) is 0 Å². The lowest BCUT2D eigenvalue weighted by atomic mass is 10.3. The number of nitrogens with one attached hydrogen (secondary N) is 1. The number of nitrogens with zero attached hydrogens (tertiary/aromatic N) is 3. The standard InChI is InChI=1S/C9H12N4/c1-7-11-12-9-5-3-4-8(6-10-2)13(7)9/h3-5,10H,6H2,1-2H3. The van der Waals surface area contributed by atoms with E-state index < -0.39 is 0 Å². The van der Waals surface area contributed by atoms with Crippen molar-refractivity contribution >= 4 is 5.65 Å². The molecule has 2 rings (SSSR count). The normalized spacial score (nSPS) is 10.9. The fraction of sp³-hybridized carbons (Fsp3) is 0.333. The Hall–Kier alpha value is -1.42. The molecule has 0 spiro atoms. The van der Waals surface area contributed by atoms with Gasteiger partial charge in [-0.2, -0.15) is 0 Å². The van der Waals surface area contributed by atoms with E-state index in [0.29, 0.717) is 0 Å². The number of aryl methyl sites for hydroxylation is 1. The molecule has 0 bridgehead atoms. The fourth-order valence-corrected chi connectivity index (χ4v) is 1.48. The highest BCUT2D eigenvalue weighted by atomic mass is 15.2. The van der Waals surface area contributed by atoms with Crippen LogP contribution in [0.2, 0.25) is 0 Å². The van der Waals surface area contributed by atoms with E-state index in [1.54, 1.807) is 0 Å². The van der Waals surface area contributed by atoms with Gasteiger partial charge in [0.25, 0.3) is 0 Å². The molecule has 4 heteroatoms. The van der Waals surface area contributed by atoms with Gasteiger partial charge in [-0.05, 0) is 26.1 Å². The van der Waals surface area contributed by atoms with Crippen LogP contribution in [0.3, 0.4) is 0 Å². The van der Waals surface area contributed by atoms with E-state index in [-0.39, 0.29) is 0 Å². The molecule has 0 aliphatic rings. The molecule has 0 amide bonds. The summed E-state index contributed by atoms with van der Waals surface area (Å²) in [5.41, 5.74) is 2.09. The van der Waals surface area contributed by atoms with Gasteiger partial charge in [-0.25, -0.2) is 0 Å². The fourth-order valence-electron chi connectivity index (χ4n) is 1.48. The van der Waals surface area contributed by atoms with Crippen molar-refractivity contribution in [2.75, 3.05) is 7.05 Å². The average molecular weight is 176 g/mol. The van der Waals surface area contributed by atoms with Crippen LogP contribution in [0.4, 0.5) is 0 Å². The van der Waals surface area contributed by atoms with Crippen LogP contribution in [-0.4, -0.2) is 21.6 Å². The van der Waals surface area contributed by atoms with Gasteiger partial charge in [-0.15, -0.1) is 10.2 Å². The van der Waals surface area contributed by atoms with E-state index in [4.69, 9.17) is 0 Å². The first-order chi connectivity index (χ1) is 6.33. The SMILES string of the molecule is CNCc1cccc2nnc(C)n12. The number of hydrogen-bond donors (Lipinski definition) is 1. The number of hydrogen-bond acceptors (Lipinski definition) is 3. The highest BCUT2D eigenvalue weighted by molar-refractivity contribution is 5.39. The Morgan fingerprint density at radius 3 is 3.00 bits per heavy atom. The second-order valence-electron chi connectivity index (χ2n) is 2.99. The Morgan fingerprint density at radius 1 is 1.38 bits per heavy atom. The second-order valence-corrected chi connectivity index (χ2v) is 2.99. The lowest BCUT2D eigenvalue weighted by Crippen LogP contribution is -2.09. The maximum absolute atomic E-state index is 4.05. The molecule has 0 fully saturated rings. The van der Waals surface area contributed by atoms with Crippen LogP contribution >= 0.6 is 0 Å². The minimum atomic E-state index is 0.830. The maximum atomic E-state index is 4.05. The Balaban J connectivity index is 2.65. The number of fused-ring (bicyclic) bond motifs is 1. The number of aromatic nitrogens is 3. The average Bonchev–Trinajstić information content (AvgIpc) is 2.50. The third-order valence-corrected chi connectivity index (χ3v) is 2.03. The van der Waals surface area contributed by atoms with Crippen molar-refractivity contribution in [2.45, 2.75) is 13.5 Å². The molecule has 13 heavy (non-hydrogen) atoms. The highest BCUT2D eigenvalue weighted by Crippen LogP contribution is 2.07. The van der Waals surface area contributed by atoms with Crippen molar-refractivity contribution < 1.29 is 0 Å². The zero-order chi connectivity index (χ0) is 9.26. The summed E-state index contributed by atoms with van der Waals surface area (Å²) in [4.78, 5) is 0. The Morgan fingerprint density at radius 2 is 2.23 bits per heavy atom. The van der Waals surface area contributed by atoms with Gasteiger partial charge in [0.1, 0.15) is 5.82 Å². The molecule has 2 heterocycles. The second kappa shape index (κ2) is 3.14. The van der Waals surface area contributed by atoms with Gasteiger partial charge >= 0.3 is 0 Å².